The van der Waals surface area contributed by atoms with Crippen molar-refractivity contribution in [3.8, 4) is 0 Å². The van der Waals surface area contributed by atoms with Crippen LogP contribution in [0.4, 0.5) is 11.4 Å². The minimum absolute atomic E-state index is 0.0707. The molecule has 1 saturated heterocycles. The summed E-state index contributed by atoms with van der Waals surface area (Å²) in [6.07, 6.45) is 1.93. The van der Waals surface area contributed by atoms with Crippen LogP contribution in [0.5, 0.6) is 0 Å². The van der Waals surface area contributed by atoms with Crippen LogP contribution in [0.25, 0.3) is 6.08 Å². The van der Waals surface area contributed by atoms with E-state index in [1.54, 1.807) is 11.9 Å². The Morgan fingerprint density at radius 1 is 1.00 bits per heavy atom. The number of nitrogens with zero attached hydrogens (tertiary/aromatic N) is 3. The van der Waals surface area contributed by atoms with Crippen LogP contribution >= 0.6 is 23.4 Å². The van der Waals surface area contributed by atoms with Gasteiger partial charge in [-0.15, -0.1) is 0 Å². The van der Waals surface area contributed by atoms with E-state index in [0.29, 0.717) is 17.0 Å². The number of likely N-dealkylation sites (N-methyl/N-ethyl adjacent to an activating group) is 1. The highest BCUT2D eigenvalue weighted by Gasteiger charge is 2.27. The molecular formula is C31H33ClN4O2S. The fourth-order valence-electron chi connectivity index (χ4n) is 5.01. The number of hydrogen-bond donors (Lipinski definition) is 1. The number of nitrogens with one attached hydrogen (secondary N) is 1. The maximum Gasteiger partial charge on any atom is 0.264 e. The molecular weight excluding hydrogens is 528 g/mol. The molecule has 2 aliphatic rings. The van der Waals surface area contributed by atoms with Gasteiger partial charge in [-0.05, 0) is 61.4 Å². The summed E-state index contributed by atoms with van der Waals surface area (Å²) in [5.41, 5.74) is 5.89. The molecule has 1 N–H and O–H groups in total. The molecule has 5 rings (SSSR count). The van der Waals surface area contributed by atoms with Gasteiger partial charge < -0.3 is 15.1 Å². The molecule has 39 heavy (non-hydrogen) atoms. The van der Waals surface area contributed by atoms with E-state index >= 15 is 0 Å². The lowest BCUT2D eigenvalue weighted by Gasteiger charge is -2.36. The van der Waals surface area contributed by atoms with Crippen molar-refractivity contribution in [2.45, 2.75) is 18.7 Å². The number of piperazine rings is 1. The van der Waals surface area contributed by atoms with Gasteiger partial charge in [0.1, 0.15) is 0 Å². The van der Waals surface area contributed by atoms with Crippen molar-refractivity contribution < 1.29 is 9.59 Å². The molecule has 2 amide bonds. The van der Waals surface area contributed by atoms with Crippen LogP contribution in [-0.4, -0.2) is 63.0 Å². The molecule has 0 unspecified atom stereocenters. The zero-order chi connectivity index (χ0) is 27.5. The number of hydrogen-bond acceptors (Lipinski definition) is 5. The number of fused-ring (bicyclic) bond motifs is 1. The standard InChI is InChI=1S/C31H33ClN4O2S/c1-21-5-4-6-23(17-21)18-29-31(38)34(3)27-19-24(8-10-28(27)39-29)30(37)33-11-12-35-13-15-36(16-14-35)26-20-25(32)9-7-22(26)2/h4-10,17-20H,11-16H2,1-3H3,(H,33,37)/b29-18+. The van der Waals surface area contributed by atoms with Crippen LogP contribution < -0.4 is 15.1 Å². The van der Waals surface area contributed by atoms with E-state index in [4.69, 9.17) is 11.6 Å². The van der Waals surface area contributed by atoms with E-state index in [-0.39, 0.29) is 11.8 Å². The van der Waals surface area contributed by atoms with Crippen molar-refractivity contribution in [1.29, 1.82) is 0 Å². The second-order valence-electron chi connectivity index (χ2n) is 10.1. The van der Waals surface area contributed by atoms with Crippen LogP contribution in [0.15, 0.2) is 70.5 Å². The first-order valence-corrected chi connectivity index (χ1v) is 14.4. The van der Waals surface area contributed by atoms with Crippen molar-refractivity contribution in [1.82, 2.24) is 10.2 Å². The summed E-state index contributed by atoms with van der Waals surface area (Å²) < 4.78 is 0. The summed E-state index contributed by atoms with van der Waals surface area (Å²) in [5.74, 6) is -0.198. The maximum atomic E-state index is 13.1. The van der Waals surface area contributed by atoms with Crippen LogP contribution in [0.3, 0.4) is 0 Å². The fraction of sp³-hybridized carbons (Fsp3) is 0.290. The number of thioether (sulfide) groups is 1. The number of aryl methyl sites for hydroxylation is 2. The summed E-state index contributed by atoms with van der Waals surface area (Å²) in [6.45, 7) is 9.24. The Kier molecular flexibility index (Phi) is 8.31. The Hall–Kier alpha value is -3.26. The second-order valence-corrected chi connectivity index (χ2v) is 11.6. The van der Waals surface area contributed by atoms with Crippen molar-refractivity contribution in [3.63, 3.8) is 0 Å². The number of amides is 2. The van der Waals surface area contributed by atoms with E-state index in [9.17, 15) is 9.59 Å². The number of halogens is 1. The first kappa shape index (κ1) is 27.3. The van der Waals surface area contributed by atoms with E-state index in [1.165, 1.54) is 23.0 Å². The predicted octanol–water partition coefficient (Wildman–Crippen LogP) is 5.62. The Labute approximate surface area is 239 Å². The topological polar surface area (TPSA) is 55.9 Å². The van der Waals surface area contributed by atoms with Crippen LogP contribution in [0.2, 0.25) is 5.02 Å². The summed E-state index contributed by atoms with van der Waals surface area (Å²) in [5, 5.41) is 3.81. The monoisotopic (exact) mass is 560 g/mol. The van der Waals surface area contributed by atoms with E-state index in [2.05, 4.69) is 34.2 Å². The van der Waals surface area contributed by atoms with Gasteiger partial charge in [0.05, 0.1) is 10.6 Å². The molecule has 3 aromatic carbocycles. The third-order valence-electron chi connectivity index (χ3n) is 7.26. The average molecular weight is 561 g/mol. The molecule has 3 aromatic rings. The summed E-state index contributed by atoms with van der Waals surface area (Å²) >= 11 is 7.66. The molecule has 202 valence electrons. The van der Waals surface area contributed by atoms with Gasteiger partial charge in [0.25, 0.3) is 11.8 Å². The number of carbonyl (C=O) groups is 2. The third kappa shape index (κ3) is 6.32. The van der Waals surface area contributed by atoms with E-state index in [0.717, 1.165) is 59.5 Å². The molecule has 0 aromatic heterocycles. The minimum Gasteiger partial charge on any atom is -0.369 e. The SMILES string of the molecule is Cc1cccc(/C=C2/Sc3ccc(C(=O)NCCN4CCN(c5cc(Cl)ccc5C)CC4)cc3N(C)C2=O)c1. The molecule has 2 heterocycles. The molecule has 8 heteroatoms. The highest BCUT2D eigenvalue weighted by Crippen LogP contribution is 2.42. The zero-order valence-electron chi connectivity index (χ0n) is 22.5. The molecule has 6 nitrogen and oxygen atoms in total. The molecule has 0 saturated carbocycles. The quantitative estimate of drug-likeness (QED) is 0.397. The third-order valence-corrected chi connectivity index (χ3v) is 8.57. The average Bonchev–Trinajstić information content (AvgIpc) is 2.93. The maximum absolute atomic E-state index is 13.1. The van der Waals surface area contributed by atoms with Gasteiger partial charge >= 0.3 is 0 Å². The summed E-state index contributed by atoms with van der Waals surface area (Å²) in [4.78, 5) is 34.0. The van der Waals surface area contributed by atoms with Crippen LogP contribution in [0.1, 0.15) is 27.0 Å². The van der Waals surface area contributed by atoms with Gasteiger partial charge in [-0.25, -0.2) is 0 Å². The Morgan fingerprint density at radius 3 is 2.56 bits per heavy atom. The summed E-state index contributed by atoms with van der Waals surface area (Å²) in [7, 11) is 1.76. The first-order valence-electron chi connectivity index (χ1n) is 13.2. The Balaban J connectivity index is 1.15. The molecule has 0 spiro atoms. The normalized spacial score (nSPS) is 16.9. The van der Waals surface area contributed by atoms with E-state index < -0.39 is 0 Å². The highest BCUT2D eigenvalue weighted by molar-refractivity contribution is 8.04. The highest BCUT2D eigenvalue weighted by atomic mass is 35.5. The molecule has 0 bridgehead atoms. The molecule has 0 radical (unpaired) electrons. The van der Waals surface area contributed by atoms with Gasteiger partial charge in [-0.2, -0.15) is 0 Å². The largest absolute Gasteiger partial charge is 0.369 e. The lowest BCUT2D eigenvalue weighted by atomic mass is 10.1. The lowest BCUT2D eigenvalue weighted by molar-refractivity contribution is -0.114. The molecule has 1 fully saturated rings. The van der Waals surface area contributed by atoms with E-state index in [1.807, 2.05) is 61.5 Å². The molecule has 2 aliphatic heterocycles. The Morgan fingerprint density at radius 2 is 1.79 bits per heavy atom. The lowest BCUT2D eigenvalue weighted by Crippen LogP contribution is -2.48. The van der Waals surface area contributed by atoms with Gasteiger partial charge in [-0.1, -0.05) is 59.3 Å². The molecule has 0 atom stereocenters. The zero-order valence-corrected chi connectivity index (χ0v) is 24.1. The number of carbonyl (C=O) groups excluding carboxylic acids is 2. The number of rotatable bonds is 6. The van der Waals surface area contributed by atoms with Crippen molar-refractivity contribution in [2.24, 2.45) is 0 Å². The summed E-state index contributed by atoms with van der Waals surface area (Å²) in [6, 6.07) is 19.7. The molecule has 0 aliphatic carbocycles. The van der Waals surface area contributed by atoms with Gasteiger partial charge in [0.2, 0.25) is 0 Å². The number of anilines is 2. The first-order chi connectivity index (χ1) is 18.8. The van der Waals surface area contributed by atoms with Gasteiger partial charge in [0.15, 0.2) is 0 Å². The number of benzene rings is 3. The van der Waals surface area contributed by atoms with Crippen LogP contribution in [0, 0.1) is 13.8 Å². The van der Waals surface area contributed by atoms with Crippen molar-refractivity contribution in [3.05, 3.63) is 92.8 Å². The smallest absolute Gasteiger partial charge is 0.264 e. The van der Waals surface area contributed by atoms with Gasteiger partial charge in [-0.3, -0.25) is 14.5 Å². The fourth-order valence-corrected chi connectivity index (χ4v) is 6.27. The van der Waals surface area contributed by atoms with Gasteiger partial charge in [0, 0.05) is 67.5 Å². The Bertz CT molecular complexity index is 1430. The predicted molar refractivity (Wildman–Crippen MR) is 162 cm³/mol. The second kappa shape index (κ2) is 11.9. The van der Waals surface area contributed by atoms with Crippen molar-refractivity contribution >= 4 is 52.6 Å². The van der Waals surface area contributed by atoms with Crippen molar-refractivity contribution in [2.75, 3.05) is 56.1 Å². The minimum atomic E-state index is -0.127. The van der Waals surface area contributed by atoms with Crippen LogP contribution in [-0.2, 0) is 4.79 Å².